The quantitative estimate of drug-likeness (QED) is 0.477. The molecule has 0 N–H and O–H groups in total. The third kappa shape index (κ3) is 4.30. The summed E-state index contributed by atoms with van der Waals surface area (Å²) in [6.07, 6.45) is 0. The molecular weight excluding hydrogens is 339 g/mol. The number of hydrogen-bond donors (Lipinski definition) is 0. The van der Waals surface area contributed by atoms with Crippen LogP contribution in [0.3, 0.4) is 0 Å². The average Bonchev–Trinajstić information content (AvgIpc) is 2.59. The lowest BCUT2D eigenvalue weighted by atomic mass is 9.84. The van der Waals surface area contributed by atoms with Crippen LogP contribution < -0.4 is 5.30 Å². The third-order valence-electron chi connectivity index (χ3n) is 5.00. The highest BCUT2D eigenvalue weighted by Crippen LogP contribution is 2.37. The van der Waals surface area contributed by atoms with E-state index in [0.29, 0.717) is 17.0 Å². The summed E-state index contributed by atoms with van der Waals surface area (Å²) in [4.78, 5) is 13.3. The summed E-state index contributed by atoms with van der Waals surface area (Å²) in [6.45, 7) is 14.5. The Morgan fingerprint density at radius 1 is 1.00 bits per heavy atom. The molecule has 0 aromatic heterocycles. The highest BCUT2D eigenvalue weighted by atomic mass is 31.1. The van der Waals surface area contributed by atoms with Gasteiger partial charge in [-0.05, 0) is 35.4 Å². The van der Waals surface area contributed by atoms with Crippen LogP contribution in [0, 0.1) is 12.8 Å². The fourth-order valence-corrected chi connectivity index (χ4v) is 4.66. The lowest BCUT2D eigenvalue weighted by molar-refractivity contribution is 0.103. The third-order valence-corrected chi connectivity index (χ3v) is 7.37. The van der Waals surface area contributed by atoms with Crippen molar-refractivity contribution in [3.05, 3.63) is 64.7 Å². The second kappa shape index (κ2) is 7.84. The van der Waals surface area contributed by atoms with E-state index in [1.54, 1.807) is 0 Å². The van der Waals surface area contributed by atoms with Crippen molar-refractivity contribution in [1.82, 2.24) is 0 Å². The summed E-state index contributed by atoms with van der Waals surface area (Å²) in [5, 5.41) is 0.725. The van der Waals surface area contributed by atoms with Crippen LogP contribution in [-0.2, 0) is 9.98 Å². The minimum atomic E-state index is -1.66. The maximum absolute atomic E-state index is 13.3. The number of aryl methyl sites for hydroxylation is 1. The zero-order valence-electron chi connectivity index (χ0n) is 17.0. The van der Waals surface area contributed by atoms with E-state index in [1.165, 1.54) is 0 Å². The van der Waals surface area contributed by atoms with Crippen molar-refractivity contribution < 1.29 is 9.36 Å². The molecule has 0 saturated carbocycles. The molecule has 0 aliphatic carbocycles. The van der Waals surface area contributed by atoms with Crippen molar-refractivity contribution in [2.24, 2.45) is 5.92 Å². The van der Waals surface area contributed by atoms with E-state index in [1.807, 2.05) is 50.2 Å². The number of carbonyl (C=O) groups excluding carboxylic acids is 1. The van der Waals surface area contributed by atoms with Crippen LogP contribution >= 0.6 is 7.80 Å². The van der Waals surface area contributed by atoms with Gasteiger partial charge in [0.05, 0.1) is 0 Å². The molecule has 2 unspecified atom stereocenters. The van der Waals surface area contributed by atoms with Gasteiger partial charge >= 0.3 is 0 Å². The average molecular weight is 369 g/mol. The number of hydrogen-bond acceptors (Lipinski definition) is 2. The van der Waals surface area contributed by atoms with E-state index >= 15 is 0 Å². The predicted octanol–water partition coefficient (Wildman–Crippen LogP) is 6.02. The molecule has 2 aromatic carbocycles. The Bertz CT molecular complexity index is 814. The highest BCUT2D eigenvalue weighted by molar-refractivity contribution is 7.54. The Labute approximate surface area is 158 Å². The van der Waals surface area contributed by atoms with Gasteiger partial charge in [0.2, 0.25) is 0 Å². The molecule has 0 bridgehead atoms. The van der Waals surface area contributed by atoms with Crippen molar-refractivity contribution in [1.29, 1.82) is 0 Å². The minimum Gasteiger partial charge on any atom is -0.289 e. The first-order valence-electron chi connectivity index (χ1n) is 9.25. The van der Waals surface area contributed by atoms with Crippen molar-refractivity contribution in [3.8, 4) is 0 Å². The molecule has 26 heavy (non-hydrogen) atoms. The van der Waals surface area contributed by atoms with Crippen LogP contribution in [0.5, 0.6) is 0 Å². The number of rotatable bonds is 5. The lowest BCUT2D eigenvalue weighted by Crippen LogP contribution is -2.24. The fraction of sp³-hybridized carbons (Fsp3) is 0.435. The molecule has 0 aliphatic heterocycles. The Hall–Kier alpha value is -1.79. The molecular formula is C23H30O2P. The van der Waals surface area contributed by atoms with Gasteiger partial charge in [-0.25, -0.2) is 0 Å². The van der Waals surface area contributed by atoms with Crippen molar-refractivity contribution in [2.45, 2.75) is 59.5 Å². The molecule has 0 amide bonds. The lowest BCUT2D eigenvalue weighted by Gasteiger charge is -2.24. The molecule has 2 rings (SSSR count). The van der Waals surface area contributed by atoms with Gasteiger partial charge < -0.3 is 0 Å². The number of carbonyl (C=O) groups is 1. The van der Waals surface area contributed by atoms with Gasteiger partial charge in [-0.3, -0.25) is 9.36 Å². The molecule has 2 atom stereocenters. The van der Waals surface area contributed by atoms with Crippen LogP contribution in [0.1, 0.15) is 68.6 Å². The van der Waals surface area contributed by atoms with Crippen LogP contribution in [0.4, 0.5) is 0 Å². The summed E-state index contributed by atoms with van der Waals surface area (Å²) < 4.78 is 13.3. The van der Waals surface area contributed by atoms with Gasteiger partial charge in [0, 0.05) is 22.1 Å². The first-order valence-corrected chi connectivity index (χ1v) is 10.6. The molecule has 3 heteroatoms. The van der Waals surface area contributed by atoms with E-state index in [9.17, 15) is 9.36 Å². The largest absolute Gasteiger partial charge is 0.289 e. The Kier molecular flexibility index (Phi) is 6.19. The second-order valence-electron chi connectivity index (χ2n) is 8.44. The minimum absolute atomic E-state index is 0.0199. The highest BCUT2D eigenvalue weighted by Gasteiger charge is 2.27. The fourth-order valence-electron chi connectivity index (χ4n) is 2.90. The molecule has 2 aromatic rings. The summed E-state index contributed by atoms with van der Waals surface area (Å²) in [5.74, 6) is 0.245. The molecule has 0 heterocycles. The Morgan fingerprint density at radius 2 is 1.58 bits per heavy atom. The van der Waals surface area contributed by atoms with Crippen LogP contribution in [0.15, 0.2) is 42.5 Å². The monoisotopic (exact) mass is 369 g/mol. The predicted molar refractivity (Wildman–Crippen MR) is 111 cm³/mol. The summed E-state index contributed by atoms with van der Waals surface area (Å²) in [5.41, 5.74) is 3.22. The van der Waals surface area contributed by atoms with Crippen molar-refractivity contribution in [2.75, 3.05) is 0 Å². The second-order valence-corrected chi connectivity index (χ2v) is 10.4. The maximum atomic E-state index is 13.3. The van der Waals surface area contributed by atoms with Gasteiger partial charge in [0.25, 0.3) is 0 Å². The molecule has 0 spiro atoms. The zero-order valence-corrected chi connectivity index (χ0v) is 17.9. The van der Waals surface area contributed by atoms with Gasteiger partial charge in [-0.2, -0.15) is 0 Å². The molecule has 2 nitrogen and oxygen atoms in total. The standard InChI is InChI=1S/C23H30O2P/c1-15(2)17(4)26(25)22-16(3)13-19(23(5,6)7)14-20(22)21(24)18-11-9-8-10-12-18/h8-15,17H,1-7H3. The first kappa shape index (κ1) is 20.5. The zero-order chi connectivity index (χ0) is 19.6. The van der Waals surface area contributed by atoms with Crippen LogP contribution in [-0.4, -0.2) is 11.4 Å². The summed E-state index contributed by atoms with van der Waals surface area (Å²) in [6, 6.07) is 13.3. The molecule has 0 saturated heterocycles. The van der Waals surface area contributed by atoms with E-state index < -0.39 is 7.80 Å². The normalized spacial score (nSPS) is 13.6. The Balaban J connectivity index is 2.71. The van der Waals surface area contributed by atoms with Gasteiger partial charge in [-0.15, -0.1) is 0 Å². The van der Waals surface area contributed by atoms with E-state index in [0.717, 1.165) is 16.4 Å². The number of benzene rings is 2. The van der Waals surface area contributed by atoms with Crippen molar-refractivity contribution >= 4 is 18.9 Å². The van der Waals surface area contributed by atoms with Crippen LogP contribution in [0.25, 0.3) is 0 Å². The van der Waals surface area contributed by atoms with E-state index in [4.69, 9.17) is 0 Å². The topological polar surface area (TPSA) is 34.1 Å². The summed E-state index contributed by atoms with van der Waals surface area (Å²) in [7, 11) is -1.66. The summed E-state index contributed by atoms with van der Waals surface area (Å²) >= 11 is 0. The van der Waals surface area contributed by atoms with Gasteiger partial charge in [0.1, 0.15) is 7.80 Å². The van der Waals surface area contributed by atoms with Crippen molar-refractivity contribution in [3.63, 3.8) is 0 Å². The van der Waals surface area contributed by atoms with Crippen LogP contribution in [0.2, 0.25) is 0 Å². The molecule has 0 fully saturated rings. The van der Waals surface area contributed by atoms with E-state index in [2.05, 4.69) is 40.7 Å². The first-order chi connectivity index (χ1) is 12.0. The smallest absolute Gasteiger partial charge is 0.194 e. The molecule has 0 aliphatic rings. The number of ketones is 1. The van der Waals surface area contributed by atoms with Gasteiger partial charge in [0.15, 0.2) is 5.78 Å². The maximum Gasteiger partial charge on any atom is 0.194 e. The van der Waals surface area contributed by atoms with E-state index in [-0.39, 0.29) is 16.9 Å². The molecule has 139 valence electrons. The SMILES string of the molecule is Cc1cc(C(C)(C)C)cc(C(=O)c2ccccc2)c1[P](=O)C(C)C(C)C. The van der Waals surface area contributed by atoms with Gasteiger partial charge in [-0.1, -0.05) is 77.9 Å². The molecule has 1 radical (unpaired) electrons. The Morgan fingerprint density at radius 3 is 2.08 bits per heavy atom.